The number of fused-ring (bicyclic) bond motifs is 1. The lowest BCUT2D eigenvalue weighted by atomic mass is 10.1. The molecule has 0 spiro atoms. The number of hydrogen-bond donors (Lipinski definition) is 0. The van der Waals surface area contributed by atoms with Crippen LogP contribution in [0.25, 0.3) is 17.0 Å². The van der Waals surface area contributed by atoms with E-state index in [-0.39, 0.29) is 11.3 Å². The number of esters is 1. The van der Waals surface area contributed by atoms with Crippen LogP contribution in [0.2, 0.25) is 0 Å². The molecule has 1 aromatic heterocycles. The van der Waals surface area contributed by atoms with E-state index in [1.807, 2.05) is 83.4 Å². The number of aromatic nitrogens is 1. The van der Waals surface area contributed by atoms with Gasteiger partial charge in [-0.1, -0.05) is 66.7 Å². The number of carbonyl (C=O) groups is 2. The molecule has 160 valence electrons. The minimum absolute atomic E-state index is 0.270. The van der Waals surface area contributed by atoms with E-state index < -0.39 is 5.97 Å². The van der Waals surface area contributed by atoms with Gasteiger partial charge in [0.15, 0.2) is 0 Å². The zero-order valence-corrected chi connectivity index (χ0v) is 17.9. The molecule has 1 heterocycles. The number of hydrogen-bond acceptors (Lipinski definition) is 4. The summed E-state index contributed by atoms with van der Waals surface area (Å²) in [6.45, 7) is 0.454. The van der Waals surface area contributed by atoms with Gasteiger partial charge in [-0.15, -0.1) is 0 Å². The van der Waals surface area contributed by atoms with Crippen molar-refractivity contribution in [2.45, 2.75) is 6.54 Å². The van der Waals surface area contributed by atoms with E-state index in [2.05, 4.69) is 0 Å². The molecule has 4 aromatic rings. The highest BCUT2D eigenvalue weighted by Gasteiger charge is 2.26. The Balaban J connectivity index is 1.83. The van der Waals surface area contributed by atoms with Gasteiger partial charge in [0.2, 0.25) is 5.78 Å². The summed E-state index contributed by atoms with van der Waals surface area (Å²) in [4.78, 5) is 26.2. The van der Waals surface area contributed by atoms with Crippen LogP contribution in [0, 0.1) is 0 Å². The highest BCUT2D eigenvalue weighted by atomic mass is 16.5. The number of nitrogens with zero attached hydrogens (tertiary/aromatic N) is 1. The maximum absolute atomic E-state index is 13.4. The number of methoxy groups -OCH3 is 2. The summed E-state index contributed by atoms with van der Waals surface area (Å²) in [6.07, 6.45) is 3.22. The summed E-state index contributed by atoms with van der Waals surface area (Å²) in [7, 11) is 2.93. The number of ketones is 1. The second-order valence-corrected chi connectivity index (χ2v) is 7.27. The van der Waals surface area contributed by atoms with Crippen molar-refractivity contribution in [3.63, 3.8) is 0 Å². The molecule has 5 heteroatoms. The van der Waals surface area contributed by atoms with Crippen molar-refractivity contribution < 1.29 is 19.1 Å². The molecule has 0 saturated heterocycles. The Morgan fingerprint density at radius 2 is 1.56 bits per heavy atom. The van der Waals surface area contributed by atoms with Gasteiger partial charge in [0.25, 0.3) is 0 Å². The van der Waals surface area contributed by atoms with Crippen molar-refractivity contribution in [2.24, 2.45) is 0 Å². The molecule has 0 aliphatic carbocycles. The Morgan fingerprint density at radius 3 is 2.25 bits per heavy atom. The molecule has 4 rings (SSSR count). The van der Waals surface area contributed by atoms with Gasteiger partial charge in [0.1, 0.15) is 11.4 Å². The number of allylic oxidation sites excluding steroid dienone is 1. The van der Waals surface area contributed by atoms with Crippen molar-refractivity contribution in [1.29, 1.82) is 0 Å². The van der Waals surface area contributed by atoms with Crippen LogP contribution in [-0.2, 0) is 11.3 Å². The summed E-state index contributed by atoms with van der Waals surface area (Å²) in [5, 5.41) is 0.691. The van der Waals surface area contributed by atoms with E-state index in [0.717, 1.165) is 22.4 Å². The third kappa shape index (κ3) is 4.18. The third-order valence-electron chi connectivity index (χ3n) is 5.32. The van der Waals surface area contributed by atoms with E-state index in [1.54, 1.807) is 13.2 Å². The van der Waals surface area contributed by atoms with Gasteiger partial charge >= 0.3 is 5.97 Å². The van der Waals surface area contributed by atoms with Crippen molar-refractivity contribution in [1.82, 2.24) is 4.57 Å². The summed E-state index contributed by atoms with van der Waals surface area (Å²) < 4.78 is 12.1. The molecule has 32 heavy (non-hydrogen) atoms. The van der Waals surface area contributed by atoms with Gasteiger partial charge in [-0.2, -0.15) is 0 Å². The molecule has 0 bridgehead atoms. The van der Waals surface area contributed by atoms with Gasteiger partial charge in [0, 0.05) is 17.4 Å². The fourth-order valence-corrected chi connectivity index (χ4v) is 3.76. The molecule has 0 N–H and O–H groups in total. The number of ether oxygens (including phenoxy) is 2. The Kier molecular flexibility index (Phi) is 6.17. The maximum Gasteiger partial charge on any atom is 0.340 e. The Labute approximate surface area is 186 Å². The average Bonchev–Trinajstić information content (AvgIpc) is 3.17. The summed E-state index contributed by atoms with van der Waals surface area (Å²) in [6, 6.07) is 24.7. The van der Waals surface area contributed by atoms with Crippen molar-refractivity contribution in [2.75, 3.05) is 14.2 Å². The molecule has 0 fully saturated rings. The summed E-state index contributed by atoms with van der Waals surface area (Å²) >= 11 is 0. The number of para-hydroxylation sites is 1. The third-order valence-corrected chi connectivity index (χ3v) is 5.32. The molecule has 3 aromatic carbocycles. The van der Waals surface area contributed by atoms with Crippen LogP contribution in [0.1, 0.15) is 32.0 Å². The molecule has 0 amide bonds. The SMILES string of the molecule is COC(=O)c1c(C(=O)/C=C/c2ccc(OC)cc2)n(Cc2ccccc2)c2ccccc12. The molecule has 0 aliphatic rings. The molecule has 0 saturated carbocycles. The molecule has 0 unspecified atom stereocenters. The first-order valence-electron chi connectivity index (χ1n) is 10.2. The number of rotatable bonds is 7. The Hall–Kier alpha value is -4.12. The fourth-order valence-electron chi connectivity index (χ4n) is 3.76. The lowest BCUT2D eigenvalue weighted by Gasteiger charge is -2.10. The van der Waals surface area contributed by atoms with Crippen LogP contribution in [0.3, 0.4) is 0 Å². The number of carbonyl (C=O) groups excluding carboxylic acids is 2. The van der Waals surface area contributed by atoms with Crippen molar-refractivity contribution in [3.8, 4) is 5.75 Å². The standard InChI is InChI=1S/C27H23NO4/c1-31-21-15-12-19(13-16-21)14-17-24(29)26-25(27(30)32-2)22-10-6-7-11-23(22)28(26)18-20-8-4-3-5-9-20/h3-17H,18H2,1-2H3/b17-14+. The largest absolute Gasteiger partial charge is 0.497 e. The van der Waals surface area contributed by atoms with E-state index in [4.69, 9.17) is 9.47 Å². The quantitative estimate of drug-likeness (QED) is 0.227. The first kappa shape index (κ1) is 21.1. The molecule has 5 nitrogen and oxygen atoms in total. The van der Waals surface area contributed by atoms with E-state index >= 15 is 0 Å². The van der Waals surface area contributed by atoms with Crippen LogP contribution in [0.4, 0.5) is 0 Å². The van der Waals surface area contributed by atoms with Gasteiger partial charge in [-0.3, -0.25) is 4.79 Å². The molecule has 0 aliphatic heterocycles. The molecule has 0 radical (unpaired) electrons. The monoisotopic (exact) mass is 425 g/mol. The van der Waals surface area contributed by atoms with Crippen LogP contribution in [0.15, 0.2) is 84.9 Å². The smallest absolute Gasteiger partial charge is 0.340 e. The molecular weight excluding hydrogens is 402 g/mol. The second kappa shape index (κ2) is 9.35. The van der Waals surface area contributed by atoms with Crippen LogP contribution >= 0.6 is 0 Å². The van der Waals surface area contributed by atoms with Gasteiger partial charge in [0.05, 0.1) is 19.8 Å². The van der Waals surface area contributed by atoms with E-state index in [0.29, 0.717) is 17.6 Å². The van der Waals surface area contributed by atoms with Crippen LogP contribution in [-0.4, -0.2) is 30.5 Å². The first-order chi connectivity index (χ1) is 15.6. The zero-order chi connectivity index (χ0) is 22.5. The van der Waals surface area contributed by atoms with E-state index in [1.165, 1.54) is 13.2 Å². The van der Waals surface area contributed by atoms with E-state index in [9.17, 15) is 9.59 Å². The fraction of sp³-hybridized carbons (Fsp3) is 0.111. The maximum atomic E-state index is 13.4. The highest BCUT2D eigenvalue weighted by Crippen LogP contribution is 2.29. The van der Waals surface area contributed by atoms with Crippen LogP contribution in [0.5, 0.6) is 5.75 Å². The minimum Gasteiger partial charge on any atom is -0.497 e. The lowest BCUT2D eigenvalue weighted by Crippen LogP contribution is -2.13. The van der Waals surface area contributed by atoms with Crippen LogP contribution < -0.4 is 4.74 Å². The summed E-state index contributed by atoms with van der Waals surface area (Å²) in [5.41, 5.74) is 3.27. The normalized spacial score (nSPS) is 11.1. The van der Waals surface area contributed by atoms with Crippen molar-refractivity contribution >= 4 is 28.7 Å². The average molecular weight is 425 g/mol. The predicted octanol–water partition coefficient (Wildman–Crippen LogP) is 5.38. The van der Waals surface area contributed by atoms with Gasteiger partial charge in [-0.05, 0) is 35.4 Å². The first-order valence-corrected chi connectivity index (χ1v) is 10.2. The predicted molar refractivity (Wildman–Crippen MR) is 125 cm³/mol. The Morgan fingerprint density at radius 1 is 0.875 bits per heavy atom. The van der Waals surface area contributed by atoms with Gasteiger partial charge < -0.3 is 14.0 Å². The number of benzene rings is 3. The summed E-state index contributed by atoms with van der Waals surface area (Å²) in [5.74, 6) is -0.0630. The topological polar surface area (TPSA) is 57.5 Å². The molecule has 0 atom stereocenters. The lowest BCUT2D eigenvalue weighted by molar-refractivity contribution is 0.0599. The van der Waals surface area contributed by atoms with Gasteiger partial charge in [-0.25, -0.2) is 4.79 Å². The Bertz CT molecular complexity index is 1280. The zero-order valence-electron chi connectivity index (χ0n) is 17.9. The highest BCUT2D eigenvalue weighted by molar-refractivity contribution is 6.18. The second-order valence-electron chi connectivity index (χ2n) is 7.27. The minimum atomic E-state index is -0.533. The molecular formula is C27H23NO4. The van der Waals surface area contributed by atoms with Crippen molar-refractivity contribution in [3.05, 3.63) is 107 Å².